The summed E-state index contributed by atoms with van der Waals surface area (Å²) in [6.45, 7) is 6.57. The lowest BCUT2D eigenvalue weighted by Gasteiger charge is -2.35. The van der Waals surface area contributed by atoms with Crippen molar-refractivity contribution in [3.8, 4) is 0 Å². The summed E-state index contributed by atoms with van der Waals surface area (Å²) in [5.74, 6) is 0. The molecule has 1 heterocycles. The van der Waals surface area contributed by atoms with E-state index in [9.17, 15) is 13.2 Å². The third-order valence-corrected chi connectivity index (χ3v) is 8.08. The van der Waals surface area contributed by atoms with E-state index in [4.69, 9.17) is 11.6 Å². The number of piperidine rings is 1. The molecule has 3 rings (SSSR count). The van der Waals surface area contributed by atoms with Crippen molar-refractivity contribution in [3.63, 3.8) is 0 Å². The van der Waals surface area contributed by atoms with E-state index in [0.29, 0.717) is 35.1 Å². The Morgan fingerprint density at radius 3 is 2.52 bits per heavy atom. The van der Waals surface area contributed by atoms with Gasteiger partial charge >= 0.3 is 6.03 Å². The summed E-state index contributed by atoms with van der Waals surface area (Å²) in [5.41, 5.74) is 3.22. The van der Waals surface area contributed by atoms with E-state index in [2.05, 4.69) is 10.6 Å². The van der Waals surface area contributed by atoms with Gasteiger partial charge in [-0.15, -0.1) is 0 Å². The smallest absolute Gasteiger partial charge is 0.319 e. The summed E-state index contributed by atoms with van der Waals surface area (Å²) in [6.07, 6.45) is 3.19. The molecule has 168 valence electrons. The van der Waals surface area contributed by atoms with Gasteiger partial charge in [-0.25, -0.2) is 13.2 Å². The Hall–Kier alpha value is -2.09. The maximum atomic E-state index is 13.5. The van der Waals surface area contributed by atoms with Gasteiger partial charge in [0.15, 0.2) is 0 Å². The van der Waals surface area contributed by atoms with Gasteiger partial charge in [0.2, 0.25) is 10.0 Å². The van der Waals surface area contributed by atoms with Gasteiger partial charge in [0, 0.05) is 29.8 Å². The molecule has 0 bridgehead atoms. The summed E-state index contributed by atoms with van der Waals surface area (Å²) < 4.78 is 28.7. The van der Waals surface area contributed by atoms with E-state index < -0.39 is 10.0 Å². The Balaban J connectivity index is 1.66. The predicted octanol–water partition coefficient (Wildman–Crippen LogP) is 5.02. The lowest BCUT2D eigenvalue weighted by Crippen LogP contribution is -2.45. The van der Waals surface area contributed by atoms with Gasteiger partial charge in [-0.3, -0.25) is 0 Å². The number of sulfonamides is 1. The van der Waals surface area contributed by atoms with Crippen LogP contribution in [0.4, 0.5) is 10.5 Å². The number of nitrogens with one attached hydrogen (secondary N) is 2. The van der Waals surface area contributed by atoms with Gasteiger partial charge in [-0.1, -0.05) is 41.8 Å². The van der Waals surface area contributed by atoms with E-state index in [1.54, 1.807) is 28.6 Å². The Morgan fingerprint density at radius 2 is 1.84 bits per heavy atom. The minimum absolute atomic E-state index is 0.134. The first-order chi connectivity index (χ1) is 14.7. The first kappa shape index (κ1) is 23.6. The molecule has 2 N–H and O–H groups in total. The number of halogens is 1. The first-order valence-corrected chi connectivity index (χ1v) is 12.4. The zero-order valence-corrected chi connectivity index (χ0v) is 19.8. The molecule has 8 heteroatoms. The largest absolute Gasteiger partial charge is 0.338 e. The molecule has 0 radical (unpaired) electrons. The summed E-state index contributed by atoms with van der Waals surface area (Å²) in [7, 11) is -3.60. The number of aryl methyl sites for hydroxylation is 3. The molecule has 1 fully saturated rings. The predicted molar refractivity (Wildman–Crippen MR) is 125 cm³/mol. The molecule has 0 unspecified atom stereocenters. The summed E-state index contributed by atoms with van der Waals surface area (Å²) in [4.78, 5) is 12.6. The molecule has 1 atom stereocenters. The molecule has 2 aromatic carbocycles. The molecular weight excluding hydrogens is 434 g/mol. The minimum Gasteiger partial charge on any atom is -0.338 e. The first-order valence-electron chi connectivity index (χ1n) is 10.6. The Kier molecular flexibility index (Phi) is 7.62. The molecule has 2 aromatic rings. The highest BCUT2D eigenvalue weighted by Crippen LogP contribution is 2.31. The highest BCUT2D eigenvalue weighted by atomic mass is 35.5. The lowest BCUT2D eigenvalue weighted by atomic mass is 10.0. The number of urea groups is 1. The van der Waals surface area contributed by atoms with Crippen molar-refractivity contribution in [2.45, 2.75) is 57.4 Å². The quantitative estimate of drug-likeness (QED) is 0.631. The van der Waals surface area contributed by atoms with Crippen LogP contribution in [0.25, 0.3) is 0 Å². The standard InChI is InChI=1S/C23H30ClN3O3S/c1-16-13-17(2)22(18(3)14-16)31(29,30)27-12-5-4-9-21(27)10-11-25-23(28)26-20-8-6-7-19(24)15-20/h6-8,13-15,21H,4-5,9-12H2,1-3H3,(H2,25,26,28)/t21-/m0/s1. The van der Waals surface area contributed by atoms with E-state index >= 15 is 0 Å². The molecule has 0 aliphatic carbocycles. The molecule has 1 saturated heterocycles. The fourth-order valence-corrected chi connectivity index (χ4v) is 6.69. The van der Waals surface area contributed by atoms with Crippen LogP contribution in [0.3, 0.4) is 0 Å². The third kappa shape index (κ3) is 5.79. The number of rotatable bonds is 6. The molecule has 0 saturated carbocycles. The van der Waals surface area contributed by atoms with E-state index in [1.165, 1.54) is 0 Å². The number of hydrogen-bond donors (Lipinski definition) is 2. The van der Waals surface area contributed by atoms with Gasteiger partial charge in [-0.05, 0) is 69.4 Å². The van der Waals surface area contributed by atoms with Crippen LogP contribution in [0, 0.1) is 20.8 Å². The van der Waals surface area contributed by atoms with Crippen LogP contribution in [0.15, 0.2) is 41.3 Å². The molecular formula is C23H30ClN3O3S. The van der Waals surface area contributed by atoms with Gasteiger partial charge in [0.25, 0.3) is 0 Å². The minimum atomic E-state index is -3.60. The number of amides is 2. The molecule has 1 aliphatic heterocycles. The topological polar surface area (TPSA) is 78.5 Å². The van der Waals surface area contributed by atoms with Crippen molar-refractivity contribution in [1.82, 2.24) is 9.62 Å². The summed E-state index contributed by atoms with van der Waals surface area (Å²) >= 11 is 5.94. The maximum absolute atomic E-state index is 13.5. The summed E-state index contributed by atoms with van der Waals surface area (Å²) in [5, 5.41) is 6.11. The van der Waals surface area contributed by atoms with Crippen LogP contribution in [-0.4, -0.2) is 37.9 Å². The Labute approximate surface area is 190 Å². The van der Waals surface area contributed by atoms with Gasteiger partial charge in [-0.2, -0.15) is 4.31 Å². The average molecular weight is 464 g/mol. The number of benzene rings is 2. The second kappa shape index (κ2) is 10.0. The third-order valence-electron chi connectivity index (χ3n) is 5.59. The highest BCUT2D eigenvalue weighted by Gasteiger charge is 2.35. The maximum Gasteiger partial charge on any atom is 0.319 e. The molecule has 6 nitrogen and oxygen atoms in total. The number of carbonyl (C=O) groups excluding carboxylic acids is 1. The van der Waals surface area contributed by atoms with Crippen LogP contribution in [0.1, 0.15) is 42.4 Å². The molecule has 0 spiro atoms. The van der Waals surface area contributed by atoms with Crippen LogP contribution in [0.2, 0.25) is 5.02 Å². The van der Waals surface area contributed by atoms with Gasteiger partial charge in [0.05, 0.1) is 4.90 Å². The van der Waals surface area contributed by atoms with Crippen molar-refractivity contribution in [2.24, 2.45) is 0 Å². The van der Waals surface area contributed by atoms with Crippen molar-refractivity contribution < 1.29 is 13.2 Å². The number of hydrogen-bond acceptors (Lipinski definition) is 3. The molecule has 0 aromatic heterocycles. The second-order valence-corrected chi connectivity index (χ2v) is 10.4. The van der Waals surface area contributed by atoms with E-state index in [0.717, 1.165) is 36.0 Å². The lowest BCUT2D eigenvalue weighted by molar-refractivity contribution is 0.234. The number of anilines is 1. The van der Waals surface area contributed by atoms with Crippen LogP contribution >= 0.6 is 11.6 Å². The van der Waals surface area contributed by atoms with Gasteiger partial charge in [0.1, 0.15) is 0 Å². The van der Waals surface area contributed by atoms with Crippen molar-refractivity contribution in [2.75, 3.05) is 18.4 Å². The Morgan fingerprint density at radius 1 is 1.13 bits per heavy atom. The van der Waals surface area contributed by atoms with Crippen LogP contribution in [0.5, 0.6) is 0 Å². The van der Waals surface area contributed by atoms with Crippen molar-refractivity contribution >= 4 is 33.3 Å². The molecule has 31 heavy (non-hydrogen) atoms. The van der Waals surface area contributed by atoms with Crippen molar-refractivity contribution in [3.05, 3.63) is 58.1 Å². The number of nitrogens with zero attached hydrogens (tertiary/aromatic N) is 1. The highest BCUT2D eigenvalue weighted by molar-refractivity contribution is 7.89. The SMILES string of the molecule is Cc1cc(C)c(S(=O)(=O)N2CCCC[C@H]2CCNC(=O)Nc2cccc(Cl)c2)c(C)c1. The Bertz CT molecular complexity index is 1030. The number of carbonyl (C=O) groups is 1. The normalized spacial score (nSPS) is 17.4. The van der Waals surface area contributed by atoms with E-state index in [-0.39, 0.29) is 12.1 Å². The van der Waals surface area contributed by atoms with Crippen LogP contribution < -0.4 is 10.6 Å². The monoisotopic (exact) mass is 463 g/mol. The zero-order valence-electron chi connectivity index (χ0n) is 18.2. The zero-order chi connectivity index (χ0) is 22.6. The fourth-order valence-electron chi connectivity index (χ4n) is 4.36. The van der Waals surface area contributed by atoms with Gasteiger partial charge < -0.3 is 10.6 Å². The fraction of sp³-hybridized carbons (Fsp3) is 0.435. The summed E-state index contributed by atoms with van der Waals surface area (Å²) in [6, 6.07) is 10.3. The molecule has 1 aliphatic rings. The second-order valence-electron chi connectivity index (χ2n) is 8.17. The average Bonchev–Trinajstić information content (AvgIpc) is 2.67. The van der Waals surface area contributed by atoms with Crippen LogP contribution in [-0.2, 0) is 10.0 Å². The van der Waals surface area contributed by atoms with E-state index in [1.807, 2.05) is 32.9 Å². The molecule has 2 amide bonds. The van der Waals surface area contributed by atoms with Crippen molar-refractivity contribution in [1.29, 1.82) is 0 Å².